The fourth-order valence-corrected chi connectivity index (χ4v) is 3.44. The van der Waals surface area contributed by atoms with Crippen LogP contribution in [0.1, 0.15) is 50.9 Å². The van der Waals surface area contributed by atoms with Gasteiger partial charge in [0, 0.05) is 18.7 Å². The van der Waals surface area contributed by atoms with E-state index in [1.54, 1.807) is 32.0 Å². The van der Waals surface area contributed by atoms with Crippen molar-refractivity contribution in [1.82, 2.24) is 4.90 Å². The number of rotatable bonds is 3. The van der Waals surface area contributed by atoms with Crippen LogP contribution in [0.25, 0.3) is 0 Å². The van der Waals surface area contributed by atoms with Gasteiger partial charge >= 0.3 is 0 Å². The molecule has 0 saturated carbocycles. The molecule has 140 valence electrons. The van der Waals surface area contributed by atoms with Crippen LogP contribution in [0.2, 0.25) is 0 Å². The van der Waals surface area contributed by atoms with Gasteiger partial charge in [0.05, 0.1) is 5.69 Å². The van der Waals surface area contributed by atoms with Gasteiger partial charge < -0.3 is 9.64 Å². The van der Waals surface area contributed by atoms with E-state index >= 15 is 0 Å². The van der Waals surface area contributed by atoms with Crippen LogP contribution < -0.4 is 9.64 Å². The van der Waals surface area contributed by atoms with Crippen molar-refractivity contribution >= 4 is 23.3 Å². The smallest absolute Gasteiger partial charge is 0.271 e. The summed E-state index contributed by atoms with van der Waals surface area (Å²) in [7, 11) is 0. The molecule has 0 aliphatic carbocycles. The number of ether oxygens (including phenoxy) is 1. The number of benzene rings is 1. The fourth-order valence-electron chi connectivity index (χ4n) is 3.44. The number of Topliss-reactive ketones (excluding diaryl/α,β-unsaturated/α-hetero) is 1. The highest BCUT2D eigenvalue weighted by molar-refractivity contribution is 6.07. The van der Waals surface area contributed by atoms with Crippen LogP contribution in [0, 0.1) is 5.92 Å². The minimum absolute atomic E-state index is 0.0334. The number of carbonyl (C=O) groups is 3. The Kier molecular flexibility index (Phi) is 4.78. The second-order valence-electron chi connectivity index (χ2n) is 7.81. The summed E-state index contributed by atoms with van der Waals surface area (Å²) < 4.78 is 5.81. The predicted molar refractivity (Wildman–Crippen MR) is 98.5 cm³/mol. The highest BCUT2D eigenvalue weighted by atomic mass is 16.5. The van der Waals surface area contributed by atoms with E-state index in [1.165, 1.54) is 11.8 Å². The highest BCUT2D eigenvalue weighted by Gasteiger charge is 2.42. The summed E-state index contributed by atoms with van der Waals surface area (Å²) in [4.78, 5) is 40.7. The van der Waals surface area contributed by atoms with Crippen LogP contribution in [-0.4, -0.2) is 47.7 Å². The van der Waals surface area contributed by atoms with E-state index in [0.29, 0.717) is 22.9 Å². The van der Waals surface area contributed by atoms with Crippen molar-refractivity contribution in [3.63, 3.8) is 0 Å². The molecule has 2 heterocycles. The number of nitrogens with zero attached hydrogens (tertiary/aromatic N) is 2. The van der Waals surface area contributed by atoms with Crippen molar-refractivity contribution in [3.05, 3.63) is 23.8 Å². The Labute approximate surface area is 154 Å². The first-order chi connectivity index (χ1) is 12.2. The lowest BCUT2D eigenvalue weighted by atomic mass is 9.99. The van der Waals surface area contributed by atoms with E-state index in [1.807, 2.05) is 4.90 Å². The normalized spacial score (nSPS) is 19.8. The van der Waals surface area contributed by atoms with Crippen molar-refractivity contribution in [3.8, 4) is 5.75 Å². The summed E-state index contributed by atoms with van der Waals surface area (Å²) in [5, 5.41) is 0. The summed E-state index contributed by atoms with van der Waals surface area (Å²) >= 11 is 0. The molecule has 2 aliphatic heterocycles. The molecule has 0 bridgehead atoms. The minimum Gasteiger partial charge on any atom is -0.476 e. The second-order valence-corrected chi connectivity index (χ2v) is 7.81. The molecule has 0 aromatic heterocycles. The second kappa shape index (κ2) is 6.74. The third-order valence-corrected chi connectivity index (χ3v) is 5.21. The Hall–Kier alpha value is -2.37. The maximum Gasteiger partial charge on any atom is 0.271 e. The summed E-state index contributed by atoms with van der Waals surface area (Å²) in [5.74, 6) is 0.703. The first-order valence-corrected chi connectivity index (χ1v) is 9.13. The molecule has 1 aromatic carbocycles. The molecular weight excluding hydrogens is 332 g/mol. The molecule has 0 unspecified atom stereocenters. The van der Waals surface area contributed by atoms with Gasteiger partial charge in [-0.2, -0.15) is 0 Å². The van der Waals surface area contributed by atoms with E-state index in [2.05, 4.69) is 6.92 Å². The Morgan fingerprint density at radius 2 is 1.88 bits per heavy atom. The molecular formula is C20H26N2O4. The average Bonchev–Trinajstić information content (AvgIpc) is 2.58. The van der Waals surface area contributed by atoms with Crippen LogP contribution >= 0.6 is 0 Å². The summed E-state index contributed by atoms with van der Waals surface area (Å²) in [6.07, 6.45) is 1.97. The number of likely N-dealkylation sites (tertiary alicyclic amines) is 1. The van der Waals surface area contributed by atoms with Crippen molar-refractivity contribution in [1.29, 1.82) is 0 Å². The zero-order chi connectivity index (χ0) is 19.1. The first kappa shape index (κ1) is 18.4. The molecule has 2 amide bonds. The van der Waals surface area contributed by atoms with E-state index in [9.17, 15) is 14.4 Å². The van der Waals surface area contributed by atoms with E-state index in [0.717, 1.165) is 25.9 Å². The molecule has 1 aromatic rings. The van der Waals surface area contributed by atoms with E-state index in [-0.39, 0.29) is 24.1 Å². The number of ketones is 1. The first-order valence-electron chi connectivity index (χ1n) is 9.13. The minimum atomic E-state index is -1.05. The van der Waals surface area contributed by atoms with Gasteiger partial charge in [-0.15, -0.1) is 0 Å². The van der Waals surface area contributed by atoms with Gasteiger partial charge in [0.1, 0.15) is 12.3 Å². The summed E-state index contributed by atoms with van der Waals surface area (Å²) in [6, 6.07) is 5.01. The Morgan fingerprint density at radius 1 is 1.23 bits per heavy atom. The summed E-state index contributed by atoms with van der Waals surface area (Å²) in [6.45, 7) is 8.46. The lowest BCUT2D eigenvalue weighted by molar-refractivity contribution is -0.137. The third kappa shape index (κ3) is 3.45. The monoisotopic (exact) mass is 358 g/mol. The van der Waals surface area contributed by atoms with Crippen molar-refractivity contribution < 1.29 is 19.1 Å². The number of amides is 2. The molecule has 3 rings (SSSR count). The molecule has 1 saturated heterocycles. The van der Waals surface area contributed by atoms with Gasteiger partial charge in [0.15, 0.2) is 11.4 Å². The molecule has 0 spiro atoms. The number of carbonyl (C=O) groups excluding carboxylic acids is 3. The van der Waals surface area contributed by atoms with Crippen LogP contribution in [0.4, 0.5) is 5.69 Å². The predicted octanol–water partition coefficient (Wildman–Crippen LogP) is 2.65. The van der Waals surface area contributed by atoms with Gasteiger partial charge in [-0.1, -0.05) is 6.92 Å². The van der Waals surface area contributed by atoms with Gasteiger partial charge in [0.2, 0.25) is 5.91 Å². The third-order valence-electron chi connectivity index (χ3n) is 5.21. The standard InChI is InChI=1S/C20H26N2O4/c1-13-7-9-21(10-8-13)18(24)12-22-16-11-15(14(2)23)5-6-17(16)26-20(3,4)19(22)25/h5-6,11,13H,7-10,12H2,1-4H3. The lowest BCUT2D eigenvalue weighted by Gasteiger charge is -2.40. The van der Waals surface area contributed by atoms with E-state index < -0.39 is 5.60 Å². The average molecular weight is 358 g/mol. The molecule has 0 N–H and O–H groups in total. The van der Waals surface area contributed by atoms with Crippen molar-refractivity contribution in [2.45, 2.75) is 46.1 Å². The quantitative estimate of drug-likeness (QED) is 0.779. The Balaban J connectivity index is 1.89. The van der Waals surface area contributed by atoms with Gasteiger partial charge in [-0.05, 0) is 57.7 Å². The number of anilines is 1. The molecule has 1 fully saturated rings. The summed E-state index contributed by atoms with van der Waals surface area (Å²) in [5.41, 5.74) is -0.0774. The van der Waals surface area contributed by atoms with Crippen LogP contribution in [0.15, 0.2) is 18.2 Å². The molecule has 6 nitrogen and oxygen atoms in total. The van der Waals surface area contributed by atoms with Crippen LogP contribution in [-0.2, 0) is 9.59 Å². The van der Waals surface area contributed by atoms with E-state index in [4.69, 9.17) is 4.74 Å². The number of hydrogen-bond donors (Lipinski definition) is 0. The lowest BCUT2D eigenvalue weighted by Crippen LogP contribution is -2.55. The van der Waals surface area contributed by atoms with Gasteiger partial charge in [-0.25, -0.2) is 0 Å². The Bertz CT molecular complexity index is 748. The zero-order valence-electron chi connectivity index (χ0n) is 15.9. The maximum absolute atomic E-state index is 12.9. The number of hydrogen-bond acceptors (Lipinski definition) is 4. The number of fused-ring (bicyclic) bond motifs is 1. The largest absolute Gasteiger partial charge is 0.476 e. The van der Waals surface area contributed by atoms with Gasteiger partial charge in [-0.3, -0.25) is 19.3 Å². The van der Waals surface area contributed by atoms with Crippen molar-refractivity contribution in [2.75, 3.05) is 24.5 Å². The Morgan fingerprint density at radius 3 is 2.50 bits per heavy atom. The van der Waals surface area contributed by atoms with Crippen LogP contribution in [0.5, 0.6) is 5.75 Å². The zero-order valence-corrected chi connectivity index (χ0v) is 15.9. The maximum atomic E-state index is 12.9. The molecule has 0 radical (unpaired) electrons. The SMILES string of the molecule is CC(=O)c1ccc2c(c1)N(CC(=O)N1CCC(C)CC1)C(=O)C(C)(C)O2. The molecule has 0 atom stereocenters. The van der Waals surface area contributed by atoms with Gasteiger partial charge in [0.25, 0.3) is 5.91 Å². The molecule has 26 heavy (non-hydrogen) atoms. The van der Waals surface area contributed by atoms with Crippen molar-refractivity contribution in [2.24, 2.45) is 5.92 Å². The molecule has 6 heteroatoms. The van der Waals surface area contributed by atoms with Crippen LogP contribution in [0.3, 0.4) is 0 Å². The topological polar surface area (TPSA) is 66.9 Å². The highest BCUT2D eigenvalue weighted by Crippen LogP contribution is 2.38. The number of piperidine rings is 1. The molecule has 2 aliphatic rings. The fraction of sp³-hybridized carbons (Fsp3) is 0.550.